The molecule has 0 bridgehead atoms. The first-order chi connectivity index (χ1) is 5.68. The third-order valence-electron chi connectivity index (χ3n) is 2.02. The lowest BCUT2D eigenvalue weighted by Gasteiger charge is -1.95. The number of halogens is 2. The molecule has 0 spiro atoms. The first-order valence-corrected chi connectivity index (χ1v) is 4.46. The Morgan fingerprint density at radius 2 is 2.17 bits per heavy atom. The van der Waals surface area contributed by atoms with Crippen LogP contribution in [0.2, 0.25) is 5.02 Å². The summed E-state index contributed by atoms with van der Waals surface area (Å²) in [5, 5.41) is 0.200. The first-order valence-electron chi connectivity index (χ1n) is 3.65. The summed E-state index contributed by atoms with van der Waals surface area (Å²) >= 11 is 11.5. The van der Waals surface area contributed by atoms with Crippen molar-refractivity contribution in [2.24, 2.45) is 0 Å². The lowest BCUT2D eigenvalue weighted by atomic mass is 10.1. The summed E-state index contributed by atoms with van der Waals surface area (Å²) in [7, 11) is 0. The molecule has 1 aromatic carbocycles. The van der Waals surface area contributed by atoms with Gasteiger partial charge in [-0.3, -0.25) is 4.79 Å². The molecule has 3 heteroatoms. The van der Waals surface area contributed by atoms with E-state index in [0.717, 1.165) is 5.56 Å². The highest BCUT2D eigenvalue weighted by Gasteiger charge is 2.28. The number of carbonyl (C=O) groups is 1. The topological polar surface area (TPSA) is 17.1 Å². The molecular weight excluding hydrogens is 195 g/mol. The number of benzene rings is 1. The summed E-state index contributed by atoms with van der Waals surface area (Å²) in [6, 6.07) is 5.32. The maximum absolute atomic E-state index is 11.4. The SMILES string of the molecule is O=C1c2cc(Cl)ccc2CC1Cl. The van der Waals surface area contributed by atoms with Gasteiger partial charge in [0.25, 0.3) is 0 Å². The molecule has 1 aliphatic rings. The summed E-state index contributed by atoms with van der Waals surface area (Å²) in [5.41, 5.74) is 1.69. The van der Waals surface area contributed by atoms with E-state index in [9.17, 15) is 4.79 Å². The normalized spacial score (nSPS) is 21.2. The van der Waals surface area contributed by atoms with E-state index in [2.05, 4.69) is 0 Å². The van der Waals surface area contributed by atoms with Gasteiger partial charge in [0.15, 0.2) is 5.78 Å². The number of ketones is 1. The lowest BCUT2D eigenvalue weighted by molar-refractivity contribution is 0.0998. The number of hydrogen-bond acceptors (Lipinski definition) is 1. The molecule has 0 saturated heterocycles. The van der Waals surface area contributed by atoms with Crippen LogP contribution in [-0.2, 0) is 6.42 Å². The molecule has 1 nitrogen and oxygen atoms in total. The fourth-order valence-corrected chi connectivity index (χ4v) is 1.87. The molecule has 1 aromatic rings. The highest BCUT2D eigenvalue weighted by atomic mass is 35.5. The van der Waals surface area contributed by atoms with E-state index in [4.69, 9.17) is 23.2 Å². The van der Waals surface area contributed by atoms with E-state index in [1.807, 2.05) is 6.07 Å². The minimum absolute atomic E-state index is 0.00540. The number of rotatable bonds is 0. The predicted molar refractivity (Wildman–Crippen MR) is 49.1 cm³/mol. The van der Waals surface area contributed by atoms with Gasteiger partial charge in [0.1, 0.15) is 5.38 Å². The predicted octanol–water partition coefficient (Wildman–Crippen LogP) is 2.69. The molecule has 0 fully saturated rings. The Kier molecular flexibility index (Phi) is 1.85. The number of carbonyl (C=O) groups excluding carboxylic acids is 1. The van der Waals surface area contributed by atoms with Gasteiger partial charge in [-0.1, -0.05) is 17.7 Å². The average molecular weight is 201 g/mol. The van der Waals surface area contributed by atoms with Crippen LogP contribution in [0.3, 0.4) is 0 Å². The minimum atomic E-state index is -0.390. The third-order valence-corrected chi connectivity index (χ3v) is 2.61. The third kappa shape index (κ3) is 1.13. The minimum Gasteiger partial charge on any atom is -0.292 e. The number of hydrogen-bond donors (Lipinski definition) is 0. The van der Waals surface area contributed by atoms with Gasteiger partial charge in [-0.25, -0.2) is 0 Å². The number of Topliss-reactive ketones (excluding diaryl/α,β-unsaturated/α-hetero) is 1. The zero-order chi connectivity index (χ0) is 8.72. The molecule has 0 amide bonds. The van der Waals surface area contributed by atoms with Crippen LogP contribution in [0.25, 0.3) is 0 Å². The largest absolute Gasteiger partial charge is 0.292 e. The Morgan fingerprint density at radius 1 is 1.42 bits per heavy atom. The van der Waals surface area contributed by atoms with Gasteiger partial charge >= 0.3 is 0 Å². The Morgan fingerprint density at radius 3 is 2.92 bits per heavy atom. The van der Waals surface area contributed by atoms with Gasteiger partial charge in [-0.15, -0.1) is 11.6 Å². The van der Waals surface area contributed by atoms with E-state index < -0.39 is 5.38 Å². The van der Waals surface area contributed by atoms with Crippen LogP contribution in [0.15, 0.2) is 18.2 Å². The smallest absolute Gasteiger partial charge is 0.181 e. The summed E-state index contributed by atoms with van der Waals surface area (Å²) in [4.78, 5) is 11.4. The van der Waals surface area contributed by atoms with E-state index >= 15 is 0 Å². The van der Waals surface area contributed by atoms with Crippen LogP contribution < -0.4 is 0 Å². The molecule has 0 N–H and O–H groups in total. The van der Waals surface area contributed by atoms with E-state index in [-0.39, 0.29) is 5.78 Å². The highest BCUT2D eigenvalue weighted by molar-refractivity contribution is 6.36. The fourth-order valence-electron chi connectivity index (χ4n) is 1.41. The van der Waals surface area contributed by atoms with Crippen LogP contribution in [0, 0.1) is 0 Å². The molecule has 0 heterocycles. The molecule has 62 valence electrons. The molecule has 0 radical (unpaired) electrons. The van der Waals surface area contributed by atoms with Gasteiger partial charge in [0.2, 0.25) is 0 Å². The van der Waals surface area contributed by atoms with Crippen molar-refractivity contribution in [3.8, 4) is 0 Å². The van der Waals surface area contributed by atoms with Crippen molar-refractivity contribution in [2.75, 3.05) is 0 Å². The van der Waals surface area contributed by atoms with Crippen molar-refractivity contribution in [1.82, 2.24) is 0 Å². The highest BCUT2D eigenvalue weighted by Crippen LogP contribution is 2.27. The van der Waals surface area contributed by atoms with Crippen molar-refractivity contribution in [3.63, 3.8) is 0 Å². The van der Waals surface area contributed by atoms with Crippen molar-refractivity contribution in [1.29, 1.82) is 0 Å². The molecular formula is C9H6Cl2O. The quantitative estimate of drug-likeness (QED) is 0.589. The second-order valence-corrected chi connectivity index (χ2v) is 3.80. The lowest BCUT2D eigenvalue weighted by Crippen LogP contribution is -2.06. The second-order valence-electron chi connectivity index (χ2n) is 2.84. The van der Waals surface area contributed by atoms with Gasteiger partial charge in [-0.05, 0) is 24.1 Å². The van der Waals surface area contributed by atoms with E-state index in [1.54, 1.807) is 12.1 Å². The number of alkyl halides is 1. The summed E-state index contributed by atoms with van der Waals surface area (Å²) < 4.78 is 0. The molecule has 0 aliphatic heterocycles. The Labute approximate surface area is 80.3 Å². The van der Waals surface area contributed by atoms with Gasteiger partial charge < -0.3 is 0 Å². The first kappa shape index (κ1) is 8.09. The monoisotopic (exact) mass is 200 g/mol. The zero-order valence-corrected chi connectivity index (χ0v) is 7.69. The van der Waals surface area contributed by atoms with Crippen molar-refractivity contribution in [3.05, 3.63) is 34.3 Å². The van der Waals surface area contributed by atoms with Crippen LogP contribution in [0.5, 0.6) is 0 Å². The molecule has 0 aromatic heterocycles. The Balaban J connectivity index is 2.56. The van der Waals surface area contributed by atoms with Crippen molar-refractivity contribution < 1.29 is 4.79 Å². The Hall–Kier alpha value is -0.530. The fraction of sp³-hybridized carbons (Fsp3) is 0.222. The van der Waals surface area contributed by atoms with Crippen LogP contribution in [0.4, 0.5) is 0 Å². The van der Waals surface area contributed by atoms with Crippen LogP contribution in [-0.4, -0.2) is 11.2 Å². The number of fused-ring (bicyclic) bond motifs is 1. The summed E-state index contributed by atoms with van der Waals surface area (Å²) in [6.07, 6.45) is 0.632. The van der Waals surface area contributed by atoms with Crippen LogP contribution >= 0.6 is 23.2 Å². The van der Waals surface area contributed by atoms with Gasteiger partial charge in [0.05, 0.1) is 0 Å². The van der Waals surface area contributed by atoms with Crippen molar-refractivity contribution >= 4 is 29.0 Å². The molecule has 1 atom stereocenters. The van der Waals surface area contributed by atoms with E-state index in [1.165, 1.54) is 0 Å². The maximum atomic E-state index is 11.4. The summed E-state index contributed by atoms with van der Waals surface area (Å²) in [6.45, 7) is 0. The Bertz CT molecular complexity index is 346. The zero-order valence-electron chi connectivity index (χ0n) is 6.18. The van der Waals surface area contributed by atoms with Crippen LogP contribution in [0.1, 0.15) is 15.9 Å². The standard InChI is InChI=1S/C9H6Cl2O/c10-6-2-1-5-3-8(11)9(12)7(5)4-6/h1-2,4,8H,3H2. The van der Waals surface area contributed by atoms with Crippen molar-refractivity contribution in [2.45, 2.75) is 11.8 Å². The van der Waals surface area contributed by atoms with Gasteiger partial charge in [0, 0.05) is 10.6 Å². The molecule has 2 rings (SSSR count). The van der Waals surface area contributed by atoms with Gasteiger partial charge in [-0.2, -0.15) is 0 Å². The molecule has 0 saturated carbocycles. The molecule has 1 unspecified atom stereocenters. The second kappa shape index (κ2) is 2.75. The summed E-state index contributed by atoms with van der Waals surface area (Å²) in [5.74, 6) is -0.00540. The van der Waals surface area contributed by atoms with E-state index in [0.29, 0.717) is 17.0 Å². The average Bonchev–Trinajstić information content (AvgIpc) is 2.31. The molecule has 1 aliphatic carbocycles. The molecule has 12 heavy (non-hydrogen) atoms. The maximum Gasteiger partial charge on any atom is 0.181 e.